The molecule has 3 aromatic rings. The topological polar surface area (TPSA) is 44.1 Å². The average Bonchev–Trinajstić information content (AvgIpc) is 3.18. The van der Waals surface area contributed by atoms with Crippen molar-refractivity contribution in [2.45, 2.75) is 31.9 Å². The van der Waals surface area contributed by atoms with E-state index < -0.39 is 5.41 Å². The lowest BCUT2D eigenvalue weighted by atomic mass is 9.66. The third-order valence-corrected chi connectivity index (χ3v) is 5.56. The predicted molar refractivity (Wildman–Crippen MR) is 99.7 cm³/mol. The Morgan fingerprint density at radius 3 is 2.04 bits per heavy atom. The fourth-order valence-corrected chi connectivity index (χ4v) is 4.08. The van der Waals surface area contributed by atoms with Gasteiger partial charge in [-0.1, -0.05) is 67.6 Å². The van der Waals surface area contributed by atoms with Crippen molar-refractivity contribution in [3.8, 4) is 0 Å². The minimum Gasteiger partial charge on any atom is -1.00 e. The van der Waals surface area contributed by atoms with Crippen LogP contribution in [-0.4, -0.2) is 21.9 Å². The normalized spacial score (nSPS) is 20.7. The Morgan fingerprint density at radius 1 is 1.00 bits per heavy atom. The molecule has 1 aromatic heterocycles. The molecule has 0 spiro atoms. The predicted octanol–water partition coefficient (Wildman–Crippen LogP) is 0.743. The maximum absolute atomic E-state index is 13.3. The van der Waals surface area contributed by atoms with E-state index in [1.165, 1.54) is 0 Å². The molecule has 0 N–H and O–H groups in total. The second-order valence-corrected chi connectivity index (χ2v) is 6.93. The van der Waals surface area contributed by atoms with Crippen LogP contribution in [0, 0.1) is 12.8 Å². The lowest BCUT2D eigenvalue weighted by molar-refractivity contribution is -0.145. The molecule has 140 valence electrons. The molecule has 1 aliphatic heterocycles. The summed E-state index contributed by atoms with van der Waals surface area (Å²) in [6.07, 6.45) is 1.54. The van der Waals surface area contributed by atoms with Crippen molar-refractivity contribution in [3.63, 3.8) is 0 Å². The van der Waals surface area contributed by atoms with Crippen molar-refractivity contribution in [3.05, 3.63) is 89.7 Å². The highest BCUT2D eigenvalue weighted by molar-refractivity contribution is 5.90. The number of cyclic esters (lactones) is 1. The quantitative estimate of drug-likeness (QED) is 0.626. The molecule has 0 aliphatic carbocycles. The maximum Gasteiger partial charge on any atom is 0.321 e. The van der Waals surface area contributed by atoms with Crippen LogP contribution >= 0.6 is 0 Å². The Balaban J connectivity index is 0.00000210. The van der Waals surface area contributed by atoms with Gasteiger partial charge in [0.15, 0.2) is 0 Å². The van der Waals surface area contributed by atoms with Gasteiger partial charge in [0.2, 0.25) is 0 Å². The monoisotopic (exact) mass is 381 g/mol. The van der Waals surface area contributed by atoms with Gasteiger partial charge in [-0.3, -0.25) is 9.48 Å². The Kier molecular flexibility index (Phi) is 5.38. The van der Waals surface area contributed by atoms with Gasteiger partial charge < -0.3 is 17.1 Å². The van der Waals surface area contributed by atoms with Crippen molar-refractivity contribution in [2.75, 3.05) is 0 Å². The van der Waals surface area contributed by atoms with Gasteiger partial charge in [-0.2, -0.15) is 5.10 Å². The number of halogens is 1. The molecule has 1 aliphatic rings. The van der Waals surface area contributed by atoms with E-state index in [2.05, 4.69) is 12.0 Å². The van der Waals surface area contributed by atoms with Crippen LogP contribution in [0.2, 0.25) is 0 Å². The molecule has 2 aromatic carbocycles. The smallest absolute Gasteiger partial charge is 0.321 e. The van der Waals surface area contributed by atoms with E-state index >= 15 is 0 Å². The fourth-order valence-electron chi connectivity index (χ4n) is 4.08. The number of carbonyl (C=O) groups excluding carboxylic acids is 1. The molecule has 0 saturated carbocycles. The first kappa shape index (κ1) is 19.2. The van der Waals surface area contributed by atoms with Crippen LogP contribution in [0.25, 0.3) is 0 Å². The van der Waals surface area contributed by atoms with E-state index in [4.69, 9.17) is 4.74 Å². The molecule has 1 fully saturated rings. The van der Waals surface area contributed by atoms with Crippen molar-refractivity contribution in [1.29, 1.82) is 0 Å². The van der Waals surface area contributed by atoms with Crippen molar-refractivity contribution < 1.29 is 21.9 Å². The summed E-state index contributed by atoms with van der Waals surface area (Å²) in [6.45, 7) is 4.68. The van der Waals surface area contributed by atoms with Crippen LogP contribution in [0.15, 0.2) is 72.9 Å². The molecule has 4 rings (SSSR count). The van der Waals surface area contributed by atoms with E-state index in [9.17, 15) is 4.79 Å². The molecule has 0 amide bonds. The number of rotatable bonds is 4. The minimum atomic E-state index is -0.797. The average molecular weight is 382 g/mol. The van der Waals surface area contributed by atoms with Crippen LogP contribution in [0.5, 0.6) is 0 Å². The first-order valence-corrected chi connectivity index (χ1v) is 8.94. The standard InChI is InChI=1S/C22H22N2O2.ClH/c1-16-13-14-23-24(16)15-20-17(2)22(21(25)26-20,18-9-5-3-6-10-18)19-11-7-4-8-12-19;/h3-14,17,20H,15H2,1-2H3;1H/p-1. The third-order valence-electron chi connectivity index (χ3n) is 5.56. The Bertz CT molecular complexity index is 869. The summed E-state index contributed by atoms with van der Waals surface area (Å²) in [5.74, 6) is -0.208. The zero-order valence-electron chi connectivity index (χ0n) is 15.4. The molecule has 2 unspecified atom stereocenters. The van der Waals surface area contributed by atoms with Gasteiger partial charge in [-0.25, -0.2) is 0 Å². The first-order valence-electron chi connectivity index (χ1n) is 8.94. The zero-order chi connectivity index (χ0) is 18.1. The number of esters is 1. The number of benzene rings is 2. The largest absolute Gasteiger partial charge is 1.00 e. The van der Waals surface area contributed by atoms with Gasteiger partial charge in [0.05, 0.1) is 6.54 Å². The highest BCUT2D eigenvalue weighted by atomic mass is 35.5. The van der Waals surface area contributed by atoms with Crippen molar-refractivity contribution in [2.24, 2.45) is 5.92 Å². The summed E-state index contributed by atoms with van der Waals surface area (Å²) in [5, 5.41) is 4.36. The Hall–Kier alpha value is -2.59. The summed E-state index contributed by atoms with van der Waals surface area (Å²) in [4.78, 5) is 13.3. The molecule has 27 heavy (non-hydrogen) atoms. The number of hydrogen-bond donors (Lipinski definition) is 0. The van der Waals surface area contributed by atoms with Gasteiger partial charge in [0.1, 0.15) is 11.5 Å². The minimum absolute atomic E-state index is 0. The van der Waals surface area contributed by atoms with Gasteiger partial charge in [-0.15, -0.1) is 0 Å². The van der Waals surface area contributed by atoms with Crippen LogP contribution in [0.1, 0.15) is 23.7 Å². The summed E-state index contributed by atoms with van der Waals surface area (Å²) in [7, 11) is 0. The highest BCUT2D eigenvalue weighted by Crippen LogP contribution is 2.47. The molecule has 1 saturated heterocycles. The van der Waals surface area contributed by atoms with Crippen LogP contribution in [0.4, 0.5) is 0 Å². The highest BCUT2D eigenvalue weighted by Gasteiger charge is 2.57. The maximum atomic E-state index is 13.3. The number of aromatic nitrogens is 2. The molecule has 0 radical (unpaired) electrons. The van der Waals surface area contributed by atoms with E-state index in [0.717, 1.165) is 16.8 Å². The van der Waals surface area contributed by atoms with E-state index in [1.54, 1.807) is 6.20 Å². The van der Waals surface area contributed by atoms with Crippen LogP contribution in [0.3, 0.4) is 0 Å². The first-order chi connectivity index (χ1) is 12.6. The third kappa shape index (κ3) is 3.04. The molecule has 4 nitrogen and oxygen atoms in total. The summed E-state index contributed by atoms with van der Waals surface area (Å²) < 4.78 is 7.83. The molecular weight excluding hydrogens is 360 g/mol. The van der Waals surface area contributed by atoms with E-state index in [1.807, 2.05) is 78.3 Å². The second-order valence-electron chi connectivity index (χ2n) is 6.93. The van der Waals surface area contributed by atoms with Gasteiger partial charge in [-0.05, 0) is 24.1 Å². The van der Waals surface area contributed by atoms with E-state index in [-0.39, 0.29) is 30.4 Å². The second kappa shape index (κ2) is 7.57. The molecular formula is C22H22ClN2O2-. The molecule has 5 heteroatoms. The van der Waals surface area contributed by atoms with Gasteiger partial charge in [0.25, 0.3) is 0 Å². The summed E-state index contributed by atoms with van der Waals surface area (Å²) >= 11 is 0. The lowest BCUT2D eigenvalue weighted by Crippen LogP contribution is -3.00. The van der Waals surface area contributed by atoms with Crippen molar-refractivity contribution in [1.82, 2.24) is 9.78 Å². The molecule has 2 atom stereocenters. The van der Waals surface area contributed by atoms with Crippen LogP contribution < -0.4 is 12.4 Å². The zero-order valence-corrected chi connectivity index (χ0v) is 16.1. The number of hydrogen-bond acceptors (Lipinski definition) is 3. The number of ether oxygens (including phenoxy) is 1. The van der Waals surface area contributed by atoms with E-state index in [0.29, 0.717) is 6.54 Å². The van der Waals surface area contributed by atoms with Gasteiger partial charge in [0, 0.05) is 17.8 Å². The Morgan fingerprint density at radius 2 is 1.56 bits per heavy atom. The summed E-state index contributed by atoms with van der Waals surface area (Å²) in [6, 6.07) is 21.9. The van der Waals surface area contributed by atoms with Gasteiger partial charge >= 0.3 is 5.97 Å². The molecule has 2 heterocycles. The SMILES string of the molecule is Cc1ccnn1CC1OC(=O)C(c2ccccc2)(c2ccccc2)C1C.[Cl-]. The lowest BCUT2D eigenvalue weighted by Gasteiger charge is -2.31. The number of aryl methyl sites for hydroxylation is 1. The Labute approximate surface area is 165 Å². The fraction of sp³-hybridized carbons (Fsp3) is 0.273. The van der Waals surface area contributed by atoms with Crippen LogP contribution in [-0.2, 0) is 21.5 Å². The van der Waals surface area contributed by atoms with Crippen molar-refractivity contribution >= 4 is 5.97 Å². The number of carbonyl (C=O) groups is 1. The number of nitrogens with zero attached hydrogens (tertiary/aromatic N) is 2. The summed E-state index contributed by atoms with van der Waals surface area (Å²) in [5.41, 5.74) is 2.21. The molecule has 0 bridgehead atoms.